The fraction of sp³-hybridized carbons (Fsp3) is 0.615. The van der Waals surface area contributed by atoms with Crippen molar-refractivity contribution in [3.05, 3.63) is 47.5 Å². The van der Waals surface area contributed by atoms with Gasteiger partial charge in [-0.25, -0.2) is 0 Å². The Hall–Kier alpha value is -1.76. The maximum atomic E-state index is 13.1. The van der Waals surface area contributed by atoms with Crippen LogP contribution in [0.2, 0.25) is 18.1 Å². The molecule has 3 atom stereocenters. The summed E-state index contributed by atoms with van der Waals surface area (Å²) < 4.78 is 11.4. The molecule has 1 saturated carbocycles. The summed E-state index contributed by atoms with van der Waals surface area (Å²) >= 11 is 0. The Morgan fingerprint density at radius 3 is 2.41 bits per heavy atom. The first-order chi connectivity index (χ1) is 15.0. The second kappa shape index (κ2) is 11.4. The van der Waals surface area contributed by atoms with E-state index >= 15 is 0 Å². The Morgan fingerprint density at radius 2 is 1.84 bits per heavy atom. The van der Waals surface area contributed by atoms with Crippen LogP contribution >= 0.6 is 0 Å². The minimum Gasteiger partial charge on any atom is -0.469 e. The highest BCUT2D eigenvalue weighted by molar-refractivity contribution is 6.74. The number of carbonyl (C=O) groups is 2. The molecule has 0 aliphatic heterocycles. The number of ketones is 1. The highest BCUT2D eigenvalue weighted by Crippen LogP contribution is 2.46. The van der Waals surface area contributed by atoms with Crippen molar-refractivity contribution in [2.75, 3.05) is 7.11 Å². The third-order valence-electron chi connectivity index (χ3n) is 6.99. The molecule has 32 heavy (non-hydrogen) atoms. The molecule has 1 N–H and O–H groups in total. The number of benzene rings is 1. The molecule has 0 heterocycles. The van der Waals surface area contributed by atoms with E-state index in [1.54, 1.807) is 0 Å². The summed E-state index contributed by atoms with van der Waals surface area (Å²) in [4.78, 5) is 24.3. The molecule has 0 bridgehead atoms. The number of ether oxygens (including phenoxy) is 1. The van der Waals surface area contributed by atoms with E-state index < -0.39 is 8.32 Å². The zero-order valence-corrected chi connectivity index (χ0v) is 21.5. The van der Waals surface area contributed by atoms with E-state index in [-0.39, 0.29) is 41.3 Å². The van der Waals surface area contributed by atoms with Crippen LogP contribution in [0.1, 0.15) is 69.9 Å². The van der Waals surface area contributed by atoms with Crippen LogP contribution in [-0.4, -0.2) is 38.4 Å². The molecule has 1 aromatic rings. The first kappa shape index (κ1) is 26.5. The SMILES string of the molecule is COC(=O)CCC/C=C\C[C@H]1C(=O)C[C@@H](O[Si](C)(C)C(C)(C)C)[C@@H]1c1ccc(CO)cc1. The highest BCUT2D eigenvalue weighted by atomic mass is 28.4. The first-order valence-electron chi connectivity index (χ1n) is 11.6. The van der Waals surface area contributed by atoms with E-state index in [0.717, 1.165) is 24.0 Å². The van der Waals surface area contributed by atoms with Crippen LogP contribution in [0.5, 0.6) is 0 Å². The van der Waals surface area contributed by atoms with Gasteiger partial charge < -0.3 is 14.3 Å². The third-order valence-corrected chi connectivity index (χ3v) is 11.5. The van der Waals surface area contributed by atoms with E-state index in [4.69, 9.17) is 4.43 Å². The van der Waals surface area contributed by atoms with Crippen LogP contribution < -0.4 is 0 Å². The topological polar surface area (TPSA) is 72.8 Å². The first-order valence-corrected chi connectivity index (χ1v) is 14.5. The lowest BCUT2D eigenvalue weighted by Gasteiger charge is -2.40. The Balaban J connectivity index is 2.19. The van der Waals surface area contributed by atoms with Crippen LogP contribution in [0.3, 0.4) is 0 Å². The summed E-state index contributed by atoms with van der Waals surface area (Å²) in [6, 6.07) is 7.93. The van der Waals surface area contributed by atoms with Gasteiger partial charge in [0.2, 0.25) is 0 Å². The lowest BCUT2D eigenvalue weighted by atomic mass is 9.85. The van der Waals surface area contributed by atoms with Crippen LogP contribution in [0, 0.1) is 5.92 Å². The van der Waals surface area contributed by atoms with Gasteiger partial charge in [0, 0.05) is 24.7 Å². The van der Waals surface area contributed by atoms with Gasteiger partial charge in [-0.05, 0) is 48.5 Å². The van der Waals surface area contributed by atoms with Crippen LogP contribution in [0.25, 0.3) is 0 Å². The van der Waals surface area contributed by atoms with Gasteiger partial charge in [0.05, 0.1) is 19.8 Å². The maximum Gasteiger partial charge on any atom is 0.305 e. The summed E-state index contributed by atoms with van der Waals surface area (Å²) in [6.07, 6.45) is 7.06. The predicted octanol–water partition coefficient (Wildman–Crippen LogP) is 5.53. The summed E-state index contributed by atoms with van der Waals surface area (Å²) in [5, 5.41) is 9.48. The molecule has 0 spiro atoms. The summed E-state index contributed by atoms with van der Waals surface area (Å²) in [5.41, 5.74) is 1.96. The number of unbranched alkanes of at least 4 members (excludes halogenated alkanes) is 1. The number of hydrogen-bond acceptors (Lipinski definition) is 5. The summed E-state index contributed by atoms with van der Waals surface area (Å²) in [7, 11) is -0.637. The average Bonchev–Trinajstić information content (AvgIpc) is 3.03. The quantitative estimate of drug-likeness (QED) is 0.215. The Morgan fingerprint density at radius 1 is 1.19 bits per heavy atom. The van der Waals surface area contributed by atoms with Crippen molar-refractivity contribution < 1.29 is 23.9 Å². The minimum absolute atomic E-state index is 0.00378. The zero-order chi connectivity index (χ0) is 23.9. The number of allylic oxidation sites excluding steroid dienone is 2. The second-order valence-electron chi connectivity index (χ2n) is 10.3. The van der Waals surface area contributed by atoms with Gasteiger partial charge in [0.1, 0.15) is 5.78 Å². The standard InChI is InChI=1S/C26H40O5Si/c1-26(2,3)32(5,6)31-23-17-22(28)21(11-9-7-8-10-12-24(29)30-4)25(23)20-15-13-19(18-27)14-16-20/h7,9,13-16,21,23,25,27H,8,10-12,17-18H2,1-6H3/b9-7-/t21-,23+,25+/m0/s1. The molecule has 5 nitrogen and oxygen atoms in total. The van der Waals surface area contributed by atoms with E-state index in [9.17, 15) is 14.7 Å². The van der Waals surface area contributed by atoms with E-state index in [2.05, 4.69) is 50.8 Å². The van der Waals surface area contributed by atoms with Gasteiger partial charge in [0.25, 0.3) is 0 Å². The molecule has 0 aromatic heterocycles. The minimum atomic E-state index is -2.04. The van der Waals surface area contributed by atoms with Crippen LogP contribution in [0.15, 0.2) is 36.4 Å². The van der Waals surface area contributed by atoms with Crippen molar-refractivity contribution in [1.82, 2.24) is 0 Å². The molecular weight excluding hydrogens is 420 g/mol. The number of hydrogen-bond donors (Lipinski definition) is 1. The molecule has 0 amide bonds. The van der Waals surface area contributed by atoms with Crippen molar-refractivity contribution in [3.8, 4) is 0 Å². The fourth-order valence-electron chi connectivity index (χ4n) is 4.00. The summed E-state index contributed by atoms with van der Waals surface area (Å²) in [5.74, 6) is -0.0591. The van der Waals surface area contributed by atoms with E-state index in [1.807, 2.05) is 24.3 Å². The van der Waals surface area contributed by atoms with Gasteiger partial charge in [-0.2, -0.15) is 0 Å². The van der Waals surface area contributed by atoms with Crippen molar-refractivity contribution >= 4 is 20.1 Å². The number of methoxy groups -OCH3 is 1. The highest BCUT2D eigenvalue weighted by Gasteiger charge is 2.48. The van der Waals surface area contributed by atoms with Gasteiger partial charge >= 0.3 is 5.97 Å². The molecule has 178 valence electrons. The van der Waals surface area contributed by atoms with E-state index in [0.29, 0.717) is 19.3 Å². The molecule has 1 fully saturated rings. The second-order valence-corrected chi connectivity index (χ2v) is 15.1. The maximum absolute atomic E-state index is 13.1. The van der Waals surface area contributed by atoms with Crippen molar-refractivity contribution in [2.24, 2.45) is 5.92 Å². The smallest absolute Gasteiger partial charge is 0.305 e. The van der Waals surface area contributed by atoms with Crippen molar-refractivity contribution in [3.63, 3.8) is 0 Å². The monoisotopic (exact) mass is 460 g/mol. The zero-order valence-electron chi connectivity index (χ0n) is 20.5. The molecular formula is C26H40O5Si. The number of Topliss-reactive ketones (excluding diaryl/α,β-unsaturated/α-hetero) is 1. The predicted molar refractivity (Wildman–Crippen MR) is 130 cm³/mol. The molecule has 0 unspecified atom stereocenters. The Bertz CT molecular complexity index is 791. The molecule has 0 radical (unpaired) electrons. The van der Waals surface area contributed by atoms with Crippen LogP contribution in [-0.2, 0) is 25.4 Å². The number of aliphatic hydroxyl groups is 1. The average molecular weight is 461 g/mol. The van der Waals surface area contributed by atoms with Crippen LogP contribution in [0.4, 0.5) is 0 Å². The molecule has 1 aliphatic carbocycles. The molecule has 1 aliphatic rings. The lowest BCUT2D eigenvalue weighted by molar-refractivity contribution is -0.140. The Kier molecular flexibility index (Phi) is 9.43. The number of aliphatic hydroxyl groups excluding tert-OH is 1. The number of rotatable bonds is 10. The van der Waals surface area contributed by atoms with Gasteiger partial charge in [-0.1, -0.05) is 57.2 Å². The van der Waals surface area contributed by atoms with E-state index in [1.165, 1.54) is 7.11 Å². The molecule has 2 rings (SSSR count). The number of esters is 1. The van der Waals surface area contributed by atoms with Gasteiger partial charge in [-0.15, -0.1) is 0 Å². The van der Waals surface area contributed by atoms with Gasteiger partial charge in [-0.3, -0.25) is 9.59 Å². The number of carbonyl (C=O) groups excluding carboxylic acids is 2. The molecule has 6 heteroatoms. The molecule has 0 saturated heterocycles. The third kappa shape index (κ3) is 6.87. The summed E-state index contributed by atoms with van der Waals surface area (Å²) in [6.45, 7) is 11.1. The van der Waals surface area contributed by atoms with Gasteiger partial charge in [0.15, 0.2) is 8.32 Å². The molecule has 1 aromatic carbocycles. The normalized spacial score (nSPS) is 22.0. The Labute approximate surface area is 194 Å². The fourth-order valence-corrected chi connectivity index (χ4v) is 5.34. The largest absolute Gasteiger partial charge is 0.469 e. The lowest BCUT2D eigenvalue weighted by Crippen LogP contribution is -2.44. The van der Waals surface area contributed by atoms with Crippen molar-refractivity contribution in [2.45, 2.75) is 89.6 Å². The van der Waals surface area contributed by atoms with Crippen molar-refractivity contribution in [1.29, 1.82) is 0 Å².